The van der Waals surface area contributed by atoms with Gasteiger partial charge in [0.1, 0.15) is 152 Å². The van der Waals surface area contributed by atoms with E-state index in [1.807, 2.05) is 0 Å². The maximum atomic E-state index is 13.2. The molecule has 0 aliphatic carbocycles. The molecule has 690 valence electrons. The number of carbonyl (C=O) groups is 8. The lowest BCUT2D eigenvalue weighted by Gasteiger charge is -2.48. The van der Waals surface area contributed by atoms with E-state index in [0.29, 0.717) is 6.92 Å². The Labute approximate surface area is 670 Å². The molecule has 4 amide bonds. The van der Waals surface area contributed by atoms with Crippen molar-refractivity contribution in [3.8, 4) is 0 Å². The molecule has 8 aliphatic heterocycles. The molecule has 0 aromatic carbocycles. The summed E-state index contributed by atoms with van der Waals surface area (Å²) in [4.78, 5) is 133. The maximum absolute atomic E-state index is 13.2. The highest BCUT2D eigenvalue weighted by molar-refractivity contribution is 7.81. The first kappa shape index (κ1) is 99.5. The fourth-order valence-corrected chi connectivity index (χ4v) is 14.0. The first-order valence-electron chi connectivity index (χ1n) is 34.6. The summed E-state index contributed by atoms with van der Waals surface area (Å²) < 4.78 is 178. The van der Waals surface area contributed by atoms with E-state index in [1.54, 1.807) is 0 Å². The summed E-state index contributed by atoms with van der Waals surface area (Å²) in [5.74, 6) is -13.0. The van der Waals surface area contributed by atoms with Gasteiger partial charge < -0.3 is 175 Å². The second-order valence-corrected chi connectivity index (χ2v) is 30.5. The summed E-state index contributed by atoms with van der Waals surface area (Å²) in [5, 5.41) is 217. The van der Waals surface area contributed by atoms with Crippen molar-refractivity contribution in [3.63, 3.8) is 0 Å². The average Bonchev–Trinajstić information content (AvgIpc) is 0.773. The highest BCUT2D eigenvalue weighted by Crippen LogP contribution is 2.39. The molecule has 8 aliphatic rings. The van der Waals surface area contributed by atoms with Gasteiger partial charge in [0.25, 0.3) is 0 Å². The molecule has 0 aromatic heterocycles. The predicted molar refractivity (Wildman–Crippen MR) is 348 cm³/mol. The van der Waals surface area contributed by atoms with Crippen molar-refractivity contribution in [3.05, 3.63) is 0 Å². The van der Waals surface area contributed by atoms with Gasteiger partial charge in [0.2, 0.25) is 42.5 Å². The van der Waals surface area contributed by atoms with Crippen LogP contribution in [-0.2, 0) is 168 Å². The molecule has 8 saturated heterocycles. The molecule has 0 saturated carbocycles. The lowest BCUT2D eigenvalue weighted by molar-refractivity contribution is -0.467. The maximum Gasteiger partial charge on any atom is 0.397 e. The Bertz CT molecular complexity index is 3880. The van der Waals surface area contributed by atoms with E-state index in [0.717, 1.165) is 20.8 Å². The van der Waals surface area contributed by atoms with E-state index < -0.39 is 351 Å². The average molecular weight is 1820 g/mol. The molecule has 8 heterocycles. The van der Waals surface area contributed by atoms with Crippen molar-refractivity contribution in [2.24, 2.45) is 0 Å². The standard InChI is InChI=1S/C56H86N4O57S3/c1-9(62)57-17-34(21(66)13(5-61)100-49(17)87)104-54-31(76)27(72)38(42(109-54)46(81)82)112-116-51-19(59-11(3)64)36(23(68)15(102-51)7-98-119(91,92)93)106-56-33(78)29(74)40(44(111-56)48(85)86)114-117-52-20(60-12(4)65)37(24(69)16(103-52)8-99-120(94,95)96)107-55-32(77)28(73)39(43(110-55)47(83)84)113-115-50-18(58-10(2)63)35(22(67)14(101-50)6-97-118(88,89)90)105-53-30(75)25(70)26(71)41(108-53)45(79)80/h13-44,49-56,61,66-78,87H,5-8H2,1-4H3,(H,57,62)(H,58,63)(H,59,64)(H,60,65)(H,79,80)(H,81,82)(H,83,84)(H,85,86)(H,88,89,90)(H,91,92,93)(H,94,95,96)/t13-,14-,15-,16-,17-,18-,19-,20-,21+,22+,23+,24+,25+,26+,27-,28-,29-,30-,31-,32-,33-,34-,35-,36-,37-,38+,39+,40+,41+,42+,43+,44+,49+,50-,51-,52-,53-,54-,55-,56-/m1/s1. The van der Waals surface area contributed by atoms with Gasteiger partial charge in [-0.1, -0.05) is 0 Å². The number of carbonyl (C=O) groups excluding carboxylic acids is 4. The Morgan fingerprint density at radius 1 is 0.283 bits per heavy atom. The fraction of sp³-hybridized carbons (Fsp3) is 0.857. The molecule has 0 spiro atoms. The zero-order valence-electron chi connectivity index (χ0n) is 61.3. The van der Waals surface area contributed by atoms with Gasteiger partial charge in [-0.2, -0.15) is 25.3 Å². The van der Waals surface area contributed by atoms with Crippen LogP contribution in [0.1, 0.15) is 27.7 Å². The second kappa shape index (κ2) is 41.4. The first-order valence-corrected chi connectivity index (χ1v) is 38.6. The summed E-state index contributed by atoms with van der Waals surface area (Å²) in [6, 6.07) is -8.60. The minimum Gasteiger partial charge on any atom is -0.479 e. The largest absolute Gasteiger partial charge is 0.479 e. The molecule has 0 bridgehead atoms. The molecule has 0 aromatic rings. The number of hydrogen-bond acceptors (Lipinski definition) is 50. The number of rotatable bonds is 35. The number of aliphatic carboxylic acids is 4. The topological polar surface area (TPSA) is 926 Å². The van der Waals surface area contributed by atoms with E-state index in [4.69, 9.17) is 86.2 Å². The Morgan fingerprint density at radius 3 is 0.775 bits per heavy atom. The number of carboxylic acids is 4. The Balaban J connectivity index is 1.03. The summed E-state index contributed by atoms with van der Waals surface area (Å²) in [7, 11) is -16.6. The number of ether oxygens (including phenoxy) is 12. The van der Waals surface area contributed by atoms with Crippen molar-refractivity contribution >= 4 is 78.7 Å². The number of aliphatic hydroxyl groups excluding tert-OH is 15. The fourth-order valence-electron chi connectivity index (χ4n) is 13.1. The van der Waals surface area contributed by atoms with Crippen LogP contribution in [0, 0.1) is 0 Å². The molecule has 40 atom stereocenters. The van der Waals surface area contributed by atoms with Gasteiger partial charge in [0.15, 0.2) is 74.2 Å². The van der Waals surface area contributed by atoms with Gasteiger partial charge in [0.05, 0.1) is 26.4 Å². The van der Waals surface area contributed by atoms with Crippen LogP contribution in [0.4, 0.5) is 0 Å². The molecule has 61 nitrogen and oxygen atoms in total. The second-order valence-electron chi connectivity index (χ2n) is 27.2. The van der Waals surface area contributed by atoms with E-state index in [-0.39, 0.29) is 0 Å². The summed E-state index contributed by atoms with van der Waals surface area (Å²) in [6.07, 6.45) is -89.9. The quantitative estimate of drug-likeness (QED) is 0.0159. The van der Waals surface area contributed by atoms with Crippen LogP contribution in [0.3, 0.4) is 0 Å². The van der Waals surface area contributed by atoms with Gasteiger partial charge in [0, 0.05) is 27.7 Å². The van der Waals surface area contributed by atoms with Crippen LogP contribution >= 0.6 is 0 Å². The minimum absolute atomic E-state index is 0.711. The lowest BCUT2D eigenvalue weighted by Crippen LogP contribution is -2.70. The summed E-state index contributed by atoms with van der Waals surface area (Å²) >= 11 is 0. The summed E-state index contributed by atoms with van der Waals surface area (Å²) in [5.41, 5.74) is 0. The third kappa shape index (κ3) is 24.6. The molecular weight excluding hydrogens is 1740 g/mol. The normalized spacial score (nSPS) is 42.8. The number of nitrogens with one attached hydrogen (secondary N) is 4. The number of amides is 4. The third-order valence-corrected chi connectivity index (χ3v) is 19.9. The molecule has 0 unspecified atom stereocenters. The smallest absolute Gasteiger partial charge is 0.397 e. The van der Waals surface area contributed by atoms with Gasteiger partial charge in [-0.15, -0.1) is 0 Å². The highest BCUT2D eigenvalue weighted by atomic mass is 32.3. The van der Waals surface area contributed by atoms with Crippen LogP contribution in [0.2, 0.25) is 0 Å². The van der Waals surface area contributed by atoms with Crippen molar-refractivity contribution in [1.82, 2.24) is 21.3 Å². The Kier molecular flexibility index (Phi) is 34.4. The molecule has 8 fully saturated rings. The molecule has 0 radical (unpaired) electrons. The van der Waals surface area contributed by atoms with Crippen LogP contribution in [0.15, 0.2) is 0 Å². The van der Waals surface area contributed by atoms with Crippen LogP contribution in [0.5, 0.6) is 0 Å². The van der Waals surface area contributed by atoms with Gasteiger partial charge in [-0.25, -0.2) is 61.1 Å². The zero-order chi connectivity index (χ0) is 89.7. The van der Waals surface area contributed by atoms with Crippen LogP contribution in [-0.4, -0.2) is 455 Å². The number of carboxylic acid groups (broad SMARTS) is 4. The van der Waals surface area contributed by atoms with Crippen molar-refractivity contribution in [1.29, 1.82) is 0 Å². The Morgan fingerprint density at radius 2 is 0.525 bits per heavy atom. The number of hydrogen-bond donors (Lipinski definition) is 26. The van der Waals surface area contributed by atoms with Crippen LogP contribution < -0.4 is 21.3 Å². The van der Waals surface area contributed by atoms with Gasteiger partial charge in [-0.3, -0.25) is 32.8 Å². The monoisotopic (exact) mass is 1820 g/mol. The molecule has 26 N–H and O–H groups in total. The lowest BCUT2D eigenvalue weighted by atomic mass is 9.95. The van der Waals surface area contributed by atoms with E-state index in [1.165, 1.54) is 0 Å². The molecule has 64 heteroatoms. The number of aliphatic hydroxyl groups is 15. The van der Waals surface area contributed by atoms with Crippen molar-refractivity contribution in [2.75, 3.05) is 26.4 Å². The summed E-state index contributed by atoms with van der Waals surface area (Å²) in [6.45, 7) is -2.42. The first-order chi connectivity index (χ1) is 55.7. The molecule has 8 rings (SSSR count). The third-order valence-electron chi connectivity index (χ3n) is 18.6. The SMILES string of the molecule is CC(=O)N[C@@H]1[C@@H](O[C@@H]2O[C@H](C(=O)O)[C@@H](OO[C@H]3O[C@H](COS(=O)(=O)O)[C@H](O)[C@H](O[C@@H]4O[C@H](C(=O)O)[C@@H](OO[C@H]5O[C@H](COS(=O)(=O)O)[C@H](O)[C@H](O[C@@H]6O[C@H](C(=O)O)[C@@H](OO[C@H]7O[C@H](COS(=O)(=O)O)[C@H](O)[C@H](O[C@@H]8O[C@H](C(=O)O)[C@@H](O)[C@H](O)[C@H]8O)[C@H]7NC(C)=O)[C@H](O)[C@H]6O)[C@H]5NC(C)=O)[C@H](O)[C@H]4O)[C@H]3NC(C)=O)[C@H](O)[C@H]2O)[C@@H](O)[C@@H](CO)O[C@@H]1O. The van der Waals surface area contributed by atoms with E-state index >= 15 is 0 Å². The van der Waals surface area contributed by atoms with E-state index in [2.05, 4.69) is 33.8 Å². The van der Waals surface area contributed by atoms with Crippen molar-refractivity contribution < 1.29 is 273 Å². The van der Waals surface area contributed by atoms with Gasteiger partial charge >= 0.3 is 55.1 Å². The van der Waals surface area contributed by atoms with E-state index in [9.17, 15) is 174 Å². The highest BCUT2D eigenvalue weighted by Gasteiger charge is 2.62. The van der Waals surface area contributed by atoms with Crippen LogP contribution in [0.25, 0.3) is 0 Å². The zero-order valence-corrected chi connectivity index (χ0v) is 63.7. The van der Waals surface area contributed by atoms with Crippen molar-refractivity contribution in [2.45, 2.75) is 273 Å². The predicted octanol–water partition coefficient (Wildman–Crippen LogP) is -18.2. The minimum atomic E-state index is -5.60. The molecular formula is C56H86N4O57S3. The Hall–Kier alpha value is -5.95. The molecule has 120 heavy (non-hydrogen) atoms. The van der Waals surface area contributed by atoms with Gasteiger partial charge in [-0.05, 0) is 0 Å².